The van der Waals surface area contributed by atoms with E-state index in [0.717, 1.165) is 4.90 Å². The lowest BCUT2D eigenvalue weighted by molar-refractivity contribution is 1.02. The molecule has 0 saturated heterocycles. The van der Waals surface area contributed by atoms with Gasteiger partial charge in [0.2, 0.25) is 0 Å². The van der Waals surface area contributed by atoms with E-state index in [-0.39, 0.29) is 5.92 Å². The van der Waals surface area contributed by atoms with E-state index in [9.17, 15) is 0 Å². The summed E-state index contributed by atoms with van der Waals surface area (Å²) in [6.45, 7) is 2.15. The summed E-state index contributed by atoms with van der Waals surface area (Å²) in [5, 5.41) is 2.52. The molecule has 46 heavy (non-hydrogen) atoms. The van der Waals surface area contributed by atoms with Crippen LogP contribution in [0.2, 0.25) is 0 Å². The first-order valence-corrected chi connectivity index (χ1v) is 16.3. The Bertz CT molecular complexity index is 2450. The normalized spacial score (nSPS) is 13.7. The van der Waals surface area contributed by atoms with Crippen molar-refractivity contribution in [2.75, 3.05) is 0 Å². The standard InChI is InChI=1S/C44H31NS/c1-28-40(19-10-20-43(28)46)45-41-18-8-7-16-35(41)39-27-32(22-24-42(39)45)31-21-23-37-38(26-31)34-15-5-6-17-36(34)44(37)33-14-9-13-30(25-33)29-11-3-2-4-12-29/h2-27,44,46H,1H3. The number of aromatic nitrogens is 1. The van der Waals surface area contributed by atoms with Crippen molar-refractivity contribution < 1.29 is 0 Å². The van der Waals surface area contributed by atoms with Gasteiger partial charge in [-0.3, -0.25) is 0 Å². The molecule has 0 N–H and O–H groups in total. The van der Waals surface area contributed by atoms with Crippen LogP contribution in [0.5, 0.6) is 0 Å². The topological polar surface area (TPSA) is 4.93 Å². The van der Waals surface area contributed by atoms with Crippen LogP contribution in [0.4, 0.5) is 0 Å². The van der Waals surface area contributed by atoms with Crippen LogP contribution in [0.15, 0.2) is 163 Å². The van der Waals surface area contributed by atoms with Crippen molar-refractivity contribution in [1.82, 2.24) is 4.57 Å². The molecular weight excluding hydrogens is 575 g/mol. The zero-order valence-corrected chi connectivity index (χ0v) is 26.4. The predicted octanol–water partition coefficient (Wildman–Crippen LogP) is 11.9. The van der Waals surface area contributed by atoms with Gasteiger partial charge in [-0.25, -0.2) is 0 Å². The molecule has 1 aliphatic rings. The van der Waals surface area contributed by atoms with Crippen molar-refractivity contribution in [3.8, 4) is 39.1 Å². The number of para-hydroxylation sites is 1. The number of rotatable bonds is 4. The highest BCUT2D eigenvalue weighted by Gasteiger charge is 2.30. The van der Waals surface area contributed by atoms with Crippen molar-refractivity contribution >= 4 is 34.4 Å². The van der Waals surface area contributed by atoms with Crippen molar-refractivity contribution in [2.45, 2.75) is 17.7 Å². The van der Waals surface area contributed by atoms with Gasteiger partial charge in [0.05, 0.1) is 16.7 Å². The third-order valence-electron chi connectivity index (χ3n) is 9.78. The first-order valence-electron chi connectivity index (χ1n) is 15.9. The molecule has 0 aliphatic heterocycles. The average molecular weight is 606 g/mol. The van der Waals surface area contributed by atoms with E-state index in [0.29, 0.717) is 0 Å². The van der Waals surface area contributed by atoms with E-state index in [1.54, 1.807) is 0 Å². The monoisotopic (exact) mass is 605 g/mol. The summed E-state index contributed by atoms with van der Waals surface area (Å²) in [4.78, 5) is 1.00. The number of thiol groups is 1. The van der Waals surface area contributed by atoms with E-state index in [2.05, 4.69) is 169 Å². The van der Waals surface area contributed by atoms with Crippen LogP contribution in [0.1, 0.15) is 28.2 Å². The van der Waals surface area contributed by atoms with E-state index in [1.807, 2.05) is 0 Å². The molecule has 0 bridgehead atoms. The lowest BCUT2D eigenvalue weighted by Crippen LogP contribution is -1.99. The Morgan fingerprint density at radius 2 is 1.15 bits per heavy atom. The first kappa shape index (κ1) is 27.0. The Morgan fingerprint density at radius 3 is 2.07 bits per heavy atom. The van der Waals surface area contributed by atoms with Crippen LogP contribution in [0.25, 0.3) is 60.9 Å². The van der Waals surface area contributed by atoms with Gasteiger partial charge >= 0.3 is 0 Å². The molecule has 1 unspecified atom stereocenters. The summed E-state index contributed by atoms with van der Waals surface area (Å²) in [5.41, 5.74) is 16.5. The number of benzene rings is 7. The third-order valence-corrected chi connectivity index (χ3v) is 10.3. The highest BCUT2D eigenvalue weighted by molar-refractivity contribution is 7.80. The van der Waals surface area contributed by atoms with Gasteiger partial charge in [0, 0.05) is 21.6 Å². The van der Waals surface area contributed by atoms with Gasteiger partial charge in [0.1, 0.15) is 0 Å². The Labute approximate surface area is 274 Å². The van der Waals surface area contributed by atoms with Crippen LogP contribution in [-0.2, 0) is 0 Å². The van der Waals surface area contributed by atoms with Gasteiger partial charge < -0.3 is 4.57 Å². The summed E-state index contributed by atoms with van der Waals surface area (Å²) >= 11 is 4.74. The maximum atomic E-state index is 4.74. The lowest BCUT2D eigenvalue weighted by atomic mass is 9.87. The molecule has 0 fully saturated rings. The third kappa shape index (κ3) is 4.18. The summed E-state index contributed by atoms with van der Waals surface area (Å²) in [5.74, 6) is 0.204. The second-order valence-electron chi connectivity index (χ2n) is 12.3. The van der Waals surface area contributed by atoms with Crippen molar-refractivity contribution in [3.63, 3.8) is 0 Å². The van der Waals surface area contributed by atoms with Crippen LogP contribution in [0.3, 0.4) is 0 Å². The van der Waals surface area contributed by atoms with Crippen LogP contribution < -0.4 is 0 Å². The highest BCUT2D eigenvalue weighted by Crippen LogP contribution is 2.49. The quantitative estimate of drug-likeness (QED) is 0.190. The van der Waals surface area contributed by atoms with Gasteiger partial charge in [-0.15, -0.1) is 12.6 Å². The number of fused-ring (bicyclic) bond motifs is 6. The molecule has 8 aromatic rings. The molecular formula is C44H31NS. The molecule has 0 spiro atoms. The Balaban J connectivity index is 1.18. The van der Waals surface area contributed by atoms with E-state index in [1.165, 1.54) is 83.1 Å². The highest BCUT2D eigenvalue weighted by atomic mass is 32.1. The number of hydrogen-bond donors (Lipinski definition) is 1. The maximum Gasteiger partial charge on any atom is 0.0541 e. The molecule has 1 heterocycles. The SMILES string of the molecule is Cc1c(S)cccc1-n1c2ccccc2c2cc(-c3ccc4c(c3)-c3ccccc3C4c3cccc(-c4ccccc4)c3)ccc21. The Kier molecular flexibility index (Phi) is 6.26. The van der Waals surface area contributed by atoms with Gasteiger partial charge in [-0.2, -0.15) is 0 Å². The van der Waals surface area contributed by atoms with Crippen LogP contribution >= 0.6 is 12.6 Å². The minimum absolute atomic E-state index is 0.204. The molecule has 1 aromatic heterocycles. The van der Waals surface area contributed by atoms with Gasteiger partial charge in [0.15, 0.2) is 0 Å². The summed E-state index contributed by atoms with van der Waals surface area (Å²) < 4.78 is 2.39. The second-order valence-corrected chi connectivity index (χ2v) is 12.8. The zero-order valence-electron chi connectivity index (χ0n) is 25.5. The second kappa shape index (κ2) is 10.7. The Hall–Kier alpha value is -5.31. The van der Waals surface area contributed by atoms with E-state index >= 15 is 0 Å². The molecule has 1 aliphatic carbocycles. The minimum atomic E-state index is 0.204. The molecule has 1 nitrogen and oxygen atoms in total. The van der Waals surface area contributed by atoms with Crippen LogP contribution in [-0.4, -0.2) is 4.57 Å². The Morgan fingerprint density at radius 1 is 0.478 bits per heavy atom. The van der Waals surface area contributed by atoms with Crippen molar-refractivity contribution in [1.29, 1.82) is 0 Å². The molecule has 2 heteroatoms. The molecule has 9 rings (SSSR count). The molecule has 7 aromatic carbocycles. The molecule has 0 radical (unpaired) electrons. The number of hydrogen-bond acceptors (Lipinski definition) is 1. The maximum absolute atomic E-state index is 4.74. The predicted molar refractivity (Wildman–Crippen MR) is 196 cm³/mol. The molecule has 1 atom stereocenters. The zero-order chi connectivity index (χ0) is 30.8. The van der Waals surface area contributed by atoms with E-state index < -0.39 is 0 Å². The summed E-state index contributed by atoms with van der Waals surface area (Å²) in [6.07, 6.45) is 0. The summed E-state index contributed by atoms with van der Waals surface area (Å²) in [6, 6.07) is 57.8. The van der Waals surface area contributed by atoms with E-state index in [4.69, 9.17) is 12.6 Å². The van der Waals surface area contributed by atoms with Gasteiger partial charge in [-0.1, -0.05) is 121 Å². The summed E-state index contributed by atoms with van der Waals surface area (Å²) in [7, 11) is 0. The van der Waals surface area contributed by atoms with Crippen LogP contribution in [0, 0.1) is 6.92 Å². The molecule has 0 amide bonds. The van der Waals surface area contributed by atoms with Crippen molar-refractivity contribution in [3.05, 3.63) is 180 Å². The van der Waals surface area contributed by atoms with Crippen molar-refractivity contribution in [2.24, 2.45) is 0 Å². The molecule has 218 valence electrons. The first-order chi connectivity index (χ1) is 22.7. The lowest BCUT2D eigenvalue weighted by Gasteiger charge is -2.16. The molecule has 0 saturated carbocycles. The number of nitrogens with zero attached hydrogens (tertiary/aromatic N) is 1. The minimum Gasteiger partial charge on any atom is -0.309 e. The fourth-order valence-corrected chi connectivity index (χ4v) is 7.74. The smallest absolute Gasteiger partial charge is 0.0541 e. The average Bonchev–Trinajstić information content (AvgIpc) is 3.62. The largest absolute Gasteiger partial charge is 0.309 e. The fraction of sp³-hybridized carbons (Fsp3) is 0.0455. The fourth-order valence-electron chi connectivity index (χ4n) is 7.54. The van der Waals surface area contributed by atoms with Gasteiger partial charge in [-0.05, 0) is 99.0 Å². The van der Waals surface area contributed by atoms with Gasteiger partial charge in [0.25, 0.3) is 0 Å².